The van der Waals surface area contributed by atoms with E-state index in [0.717, 1.165) is 6.07 Å². The summed E-state index contributed by atoms with van der Waals surface area (Å²) in [6.07, 6.45) is -6.44. The normalized spacial score (nSPS) is 13.1. The highest BCUT2D eigenvalue weighted by molar-refractivity contribution is 9.11. The maximum Gasteiger partial charge on any atom is 0.460 e. The predicted molar refractivity (Wildman–Crippen MR) is 99.1 cm³/mol. The van der Waals surface area contributed by atoms with Gasteiger partial charge in [0.25, 0.3) is 0 Å². The van der Waals surface area contributed by atoms with Crippen LogP contribution in [0.1, 0.15) is 0 Å². The monoisotopic (exact) mass is 578 g/mol. The number of rotatable bonds is 4. The number of hydrogen-bond donors (Lipinski definition) is 0. The summed E-state index contributed by atoms with van der Waals surface area (Å²) < 4.78 is 92.1. The number of alkyl halides is 7. The minimum atomic E-state index is -6.44. The number of hydrogen-bond acceptors (Lipinski definition) is 1. The molecule has 2 rings (SSSR count). The van der Waals surface area contributed by atoms with E-state index >= 15 is 0 Å². The van der Waals surface area contributed by atoms with Crippen LogP contribution in [-0.4, -0.2) is 17.4 Å². The minimum Gasteiger partial charge on any atom is -0.188 e. The van der Waals surface area contributed by atoms with Crippen molar-refractivity contribution < 1.29 is 30.7 Å². The Balaban J connectivity index is 2.69. The zero-order valence-electron chi connectivity index (χ0n) is 12.5. The Hall–Kier alpha value is -0.160. The molecule has 0 saturated heterocycles. The van der Waals surface area contributed by atoms with Crippen LogP contribution in [0.3, 0.4) is 0 Å². The van der Waals surface area contributed by atoms with Crippen molar-refractivity contribution in [1.82, 2.24) is 0 Å². The summed E-state index contributed by atoms with van der Waals surface area (Å²) in [5.41, 5.74) is -0.134. The Bertz CT molecular complexity index is 852. The van der Waals surface area contributed by atoms with Crippen molar-refractivity contribution in [2.75, 3.05) is 0 Å². The lowest BCUT2D eigenvalue weighted by Crippen LogP contribution is -2.49. The van der Waals surface area contributed by atoms with E-state index < -0.39 is 34.0 Å². The van der Waals surface area contributed by atoms with Gasteiger partial charge in [-0.05, 0) is 36.0 Å². The first-order chi connectivity index (χ1) is 12.2. The van der Waals surface area contributed by atoms with Gasteiger partial charge in [0, 0.05) is 35.0 Å². The molecule has 148 valence electrons. The van der Waals surface area contributed by atoms with Gasteiger partial charge in [0.05, 0.1) is 0 Å². The van der Waals surface area contributed by atoms with Gasteiger partial charge in [-0.2, -0.15) is 30.7 Å². The first-order valence-corrected chi connectivity index (χ1v) is 9.79. The highest BCUT2D eigenvalue weighted by Crippen LogP contribution is 2.56. The fraction of sp³-hybridized carbons (Fsp3) is 0.200. The average molecular weight is 581 g/mol. The third-order valence-electron chi connectivity index (χ3n) is 3.19. The zero-order valence-corrected chi connectivity index (χ0v) is 18.0. The van der Waals surface area contributed by atoms with Gasteiger partial charge in [-0.1, -0.05) is 61.1 Å². The molecule has 0 fully saturated rings. The maximum absolute atomic E-state index is 13.9. The van der Waals surface area contributed by atoms with Gasteiger partial charge >= 0.3 is 17.4 Å². The SMILES string of the molecule is FC(F)(F)C(F)(F)C(F)(F)Sc1cc(Br)cc(Br)c1-c1c(Cl)cccc1Cl. The molecular weight excluding hydrogens is 576 g/mol. The first-order valence-electron chi connectivity index (χ1n) is 6.64. The van der Waals surface area contributed by atoms with E-state index in [4.69, 9.17) is 23.2 Å². The summed E-state index contributed by atoms with van der Waals surface area (Å²) in [6.45, 7) is 0. The molecule has 0 unspecified atom stereocenters. The van der Waals surface area contributed by atoms with Crippen LogP contribution in [0, 0.1) is 0 Å². The lowest BCUT2D eigenvalue weighted by molar-refractivity contribution is -0.330. The number of thioether (sulfide) groups is 1. The zero-order chi connectivity index (χ0) is 20.8. The summed E-state index contributed by atoms with van der Waals surface area (Å²) in [5, 5.41) is -5.50. The van der Waals surface area contributed by atoms with Crippen molar-refractivity contribution in [3.63, 3.8) is 0 Å². The van der Waals surface area contributed by atoms with E-state index in [-0.39, 0.29) is 30.1 Å². The number of benzene rings is 2. The number of halogens is 11. The lowest BCUT2D eigenvalue weighted by atomic mass is 10.1. The molecule has 0 nitrogen and oxygen atoms in total. The second-order valence-electron chi connectivity index (χ2n) is 5.05. The molecule has 2 aromatic rings. The molecular formula is C15H5Br2Cl2F7S. The van der Waals surface area contributed by atoms with Gasteiger partial charge in [-0.15, -0.1) is 0 Å². The third-order valence-corrected chi connectivity index (χ3v) is 5.96. The van der Waals surface area contributed by atoms with Gasteiger partial charge in [0.2, 0.25) is 0 Å². The lowest BCUT2D eigenvalue weighted by Gasteiger charge is -2.28. The molecule has 0 bridgehead atoms. The Labute approximate surface area is 179 Å². The van der Waals surface area contributed by atoms with Gasteiger partial charge < -0.3 is 0 Å². The third kappa shape index (κ3) is 4.55. The molecule has 0 aliphatic carbocycles. The molecule has 27 heavy (non-hydrogen) atoms. The molecule has 0 atom stereocenters. The molecule has 0 aliphatic rings. The van der Waals surface area contributed by atoms with Gasteiger partial charge in [0.15, 0.2) is 0 Å². The van der Waals surface area contributed by atoms with Crippen LogP contribution in [0.15, 0.2) is 44.2 Å². The standard InChI is InChI=1S/C15H5Br2Cl2F7S/c16-6-4-7(17)11(12-8(18)2-1-3-9(12)19)10(5-6)27-15(25,26)13(20,21)14(22,23)24/h1-5H. The largest absolute Gasteiger partial charge is 0.460 e. The summed E-state index contributed by atoms with van der Waals surface area (Å²) in [6, 6.07) is 6.56. The highest BCUT2D eigenvalue weighted by Gasteiger charge is 2.73. The predicted octanol–water partition coefficient (Wildman–Crippen LogP) is 9.07. The van der Waals surface area contributed by atoms with Crippen LogP contribution in [0.4, 0.5) is 30.7 Å². The van der Waals surface area contributed by atoms with E-state index in [1.54, 1.807) is 0 Å². The summed E-state index contributed by atoms with van der Waals surface area (Å²) in [4.78, 5) is -0.583. The van der Waals surface area contributed by atoms with Crippen LogP contribution < -0.4 is 0 Å². The fourth-order valence-corrected chi connectivity index (χ4v) is 5.29. The topological polar surface area (TPSA) is 0 Å². The molecule has 0 radical (unpaired) electrons. The molecule has 2 aromatic carbocycles. The van der Waals surface area contributed by atoms with Gasteiger partial charge in [0.1, 0.15) is 0 Å². The molecule has 0 aliphatic heterocycles. The van der Waals surface area contributed by atoms with E-state index in [9.17, 15) is 30.7 Å². The average Bonchev–Trinajstić information content (AvgIpc) is 2.47. The molecule has 0 amide bonds. The molecule has 0 N–H and O–H groups in total. The maximum atomic E-state index is 13.9. The highest BCUT2D eigenvalue weighted by atomic mass is 79.9. The molecule has 0 aromatic heterocycles. The van der Waals surface area contributed by atoms with Gasteiger partial charge in [-0.3, -0.25) is 0 Å². The van der Waals surface area contributed by atoms with Crippen molar-refractivity contribution in [2.24, 2.45) is 0 Å². The summed E-state index contributed by atoms with van der Waals surface area (Å²) in [7, 11) is 0. The van der Waals surface area contributed by atoms with Gasteiger partial charge in [-0.25, -0.2) is 0 Å². The summed E-state index contributed by atoms with van der Waals surface area (Å²) >= 11 is 17.2. The van der Waals surface area contributed by atoms with Crippen molar-refractivity contribution in [1.29, 1.82) is 0 Å². The molecule has 0 heterocycles. The van der Waals surface area contributed by atoms with Crippen molar-refractivity contribution in [2.45, 2.75) is 22.2 Å². The first kappa shape index (κ1) is 23.1. The van der Waals surface area contributed by atoms with E-state index in [0.29, 0.717) is 0 Å². The van der Waals surface area contributed by atoms with Crippen molar-refractivity contribution >= 4 is 66.8 Å². The summed E-state index contributed by atoms with van der Waals surface area (Å²) in [5.74, 6) is -6.26. The van der Waals surface area contributed by atoms with Crippen LogP contribution in [0.5, 0.6) is 0 Å². The Morgan fingerprint density at radius 2 is 1.33 bits per heavy atom. The second kappa shape index (κ2) is 7.93. The minimum absolute atomic E-state index is 0.00160. The Morgan fingerprint density at radius 1 is 0.815 bits per heavy atom. The van der Waals surface area contributed by atoms with Crippen LogP contribution in [0.25, 0.3) is 11.1 Å². The molecule has 12 heteroatoms. The van der Waals surface area contributed by atoms with Crippen molar-refractivity contribution in [3.05, 3.63) is 49.3 Å². The van der Waals surface area contributed by atoms with E-state index in [1.165, 1.54) is 24.3 Å². The Kier molecular flexibility index (Phi) is 6.79. The quantitative estimate of drug-likeness (QED) is 0.257. The second-order valence-corrected chi connectivity index (χ2v) is 8.79. The van der Waals surface area contributed by atoms with E-state index in [1.807, 2.05) is 0 Å². The van der Waals surface area contributed by atoms with E-state index in [2.05, 4.69) is 31.9 Å². The Morgan fingerprint density at radius 3 is 1.81 bits per heavy atom. The smallest absolute Gasteiger partial charge is 0.188 e. The molecule has 0 saturated carbocycles. The van der Waals surface area contributed by atoms with Crippen LogP contribution in [0.2, 0.25) is 10.0 Å². The molecule has 0 spiro atoms. The van der Waals surface area contributed by atoms with Crippen molar-refractivity contribution in [3.8, 4) is 11.1 Å². The van der Waals surface area contributed by atoms with Crippen LogP contribution >= 0.6 is 66.8 Å². The fourth-order valence-electron chi connectivity index (χ4n) is 1.98. The van der Waals surface area contributed by atoms with Crippen LogP contribution in [-0.2, 0) is 0 Å².